The number of amides is 1. The van der Waals surface area contributed by atoms with Gasteiger partial charge in [0.2, 0.25) is 10.0 Å². The molecular formula is C17H17F3N2O3S. The van der Waals surface area contributed by atoms with Gasteiger partial charge < -0.3 is 5.32 Å². The van der Waals surface area contributed by atoms with E-state index in [-0.39, 0.29) is 24.3 Å². The van der Waals surface area contributed by atoms with Crippen LogP contribution in [-0.2, 0) is 10.0 Å². The van der Waals surface area contributed by atoms with Crippen LogP contribution in [0.2, 0.25) is 0 Å². The van der Waals surface area contributed by atoms with Gasteiger partial charge in [-0.3, -0.25) is 4.79 Å². The zero-order valence-corrected chi connectivity index (χ0v) is 14.9. The largest absolute Gasteiger partial charge is 0.322 e. The van der Waals surface area contributed by atoms with Crippen LogP contribution >= 0.6 is 0 Å². The molecule has 1 N–H and O–H groups in total. The number of carbonyl (C=O) groups excluding carboxylic acids is 1. The van der Waals surface area contributed by atoms with E-state index in [0.717, 1.165) is 34.6 Å². The number of hydrogen-bond donors (Lipinski definition) is 1. The highest BCUT2D eigenvalue weighted by Gasteiger charge is 2.26. The third kappa shape index (κ3) is 4.23. The first-order chi connectivity index (χ1) is 12.2. The highest BCUT2D eigenvalue weighted by Crippen LogP contribution is 2.22. The molecule has 5 nitrogen and oxygen atoms in total. The Morgan fingerprint density at radius 1 is 1.00 bits per heavy atom. The van der Waals surface area contributed by atoms with E-state index in [1.165, 1.54) is 0 Å². The molecule has 0 aliphatic carbocycles. The Hall–Kier alpha value is -2.39. The van der Waals surface area contributed by atoms with Crippen molar-refractivity contribution in [2.45, 2.75) is 18.7 Å². The molecule has 0 aliphatic heterocycles. The van der Waals surface area contributed by atoms with E-state index in [1.54, 1.807) is 13.8 Å². The molecular weight excluding hydrogens is 369 g/mol. The van der Waals surface area contributed by atoms with Crippen molar-refractivity contribution in [2.75, 3.05) is 18.4 Å². The lowest BCUT2D eigenvalue weighted by atomic mass is 10.2. The Balaban J connectivity index is 2.38. The number of anilines is 1. The van der Waals surface area contributed by atoms with Crippen molar-refractivity contribution in [3.63, 3.8) is 0 Å². The first-order valence-corrected chi connectivity index (χ1v) is 9.20. The Kier molecular flexibility index (Phi) is 6.04. The smallest absolute Gasteiger partial charge is 0.255 e. The minimum Gasteiger partial charge on any atom is -0.322 e. The summed E-state index contributed by atoms with van der Waals surface area (Å²) in [5.74, 6) is -3.59. The molecule has 0 aliphatic rings. The summed E-state index contributed by atoms with van der Waals surface area (Å²) in [4.78, 5) is 11.6. The number of nitrogens with zero attached hydrogens (tertiary/aromatic N) is 1. The van der Waals surface area contributed by atoms with Crippen molar-refractivity contribution >= 4 is 21.6 Å². The Morgan fingerprint density at radius 2 is 1.58 bits per heavy atom. The van der Waals surface area contributed by atoms with E-state index < -0.39 is 38.3 Å². The average Bonchev–Trinajstić information content (AvgIpc) is 2.54. The van der Waals surface area contributed by atoms with Gasteiger partial charge in [-0.05, 0) is 30.3 Å². The van der Waals surface area contributed by atoms with Crippen LogP contribution in [0.4, 0.5) is 18.9 Å². The van der Waals surface area contributed by atoms with Crippen LogP contribution in [0.5, 0.6) is 0 Å². The molecule has 1 amide bonds. The normalized spacial score (nSPS) is 11.6. The summed E-state index contributed by atoms with van der Waals surface area (Å²) in [5.41, 5.74) is -0.313. The number of nitrogens with one attached hydrogen (secondary N) is 1. The van der Waals surface area contributed by atoms with Gasteiger partial charge in [0, 0.05) is 30.4 Å². The topological polar surface area (TPSA) is 66.5 Å². The maximum atomic E-state index is 14.1. The van der Waals surface area contributed by atoms with E-state index in [0.29, 0.717) is 6.07 Å². The van der Waals surface area contributed by atoms with E-state index >= 15 is 0 Å². The molecule has 2 aromatic carbocycles. The van der Waals surface area contributed by atoms with Crippen LogP contribution in [0.1, 0.15) is 24.2 Å². The molecule has 0 unspecified atom stereocenters. The third-order valence-corrected chi connectivity index (χ3v) is 5.70. The molecule has 0 saturated carbocycles. The average molecular weight is 386 g/mol. The minimum absolute atomic E-state index is 0.136. The number of carbonyl (C=O) groups is 1. The molecule has 0 saturated heterocycles. The van der Waals surface area contributed by atoms with Crippen LogP contribution in [0, 0.1) is 17.5 Å². The summed E-state index contributed by atoms with van der Waals surface area (Å²) in [7, 11) is -4.12. The standard InChI is InChI=1S/C17H17F3N2O3S/c1-3-22(4-2)26(24,25)16-7-11(5-6-15(16)20)17(23)21-14-9-12(18)8-13(19)10-14/h5-10H,3-4H2,1-2H3,(H,21,23). The van der Waals surface area contributed by atoms with E-state index in [4.69, 9.17) is 0 Å². The van der Waals surface area contributed by atoms with Crippen molar-refractivity contribution in [1.29, 1.82) is 0 Å². The molecule has 0 bridgehead atoms. The maximum absolute atomic E-state index is 14.1. The minimum atomic E-state index is -4.12. The second kappa shape index (κ2) is 7.88. The fraction of sp³-hybridized carbons (Fsp3) is 0.235. The number of rotatable bonds is 6. The van der Waals surface area contributed by atoms with Crippen LogP contribution in [-0.4, -0.2) is 31.7 Å². The van der Waals surface area contributed by atoms with Gasteiger partial charge in [0.15, 0.2) is 0 Å². The molecule has 140 valence electrons. The molecule has 26 heavy (non-hydrogen) atoms. The summed E-state index contributed by atoms with van der Waals surface area (Å²) in [6.07, 6.45) is 0. The molecule has 2 aromatic rings. The lowest BCUT2D eigenvalue weighted by Gasteiger charge is -2.19. The Morgan fingerprint density at radius 3 is 2.12 bits per heavy atom. The number of hydrogen-bond acceptors (Lipinski definition) is 3. The molecule has 0 spiro atoms. The summed E-state index contributed by atoms with van der Waals surface area (Å²) < 4.78 is 66.5. The Labute approximate surface area is 149 Å². The summed E-state index contributed by atoms with van der Waals surface area (Å²) >= 11 is 0. The third-order valence-electron chi connectivity index (χ3n) is 3.64. The number of sulfonamides is 1. The van der Waals surface area contributed by atoms with Gasteiger partial charge >= 0.3 is 0 Å². The molecule has 0 radical (unpaired) electrons. The SMILES string of the molecule is CCN(CC)S(=O)(=O)c1cc(C(=O)Nc2cc(F)cc(F)c2)ccc1F. The Bertz CT molecular complexity index is 909. The van der Waals surface area contributed by atoms with Gasteiger partial charge in [-0.1, -0.05) is 13.8 Å². The fourth-order valence-corrected chi connectivity index (χ4v) is 3.92. The van der Waals surface area contributed by atoms with Crippen molar-refractivity contribution in [1.82, 2.24) is 4.31 Å². The second-order valence-corrected chi connectivity index (χ2v) is 7.25. The molecule has 0 atom stereocenters. The van der Waals surface area contributed by atoms with Gasteiger partial charge in [-0.15, -0.1) is 0 Å². The lowest BCUT2D eigenvalue weighted by molar-refractivity contribution is 0.102. The summed E-state index contributed by atoms with van der Waals surface area (Å²) in [6.45, 7) is 3.48. The molecule has 0 aromatic heterocycles. The van der Waals surface area contributed by atoms with Gasteiger partial charge in [0.1, 0.15) is 22.3 Å². The van der Waals surface area contributed by atoms with Crippen molar-refractivity contribution in [2.24, 2.45) is 0 Å². The second-order valence-electron chi connectivity index (χ2n) is 5.35. The van der Waals surface area contributed by atoms with E-state index in [2.05, 4.69) is 5.32 Å². The predicted octanol–water partition coefficient (Wildman–Crippen LogP) is 3.39. The zero-order chi connectivity index (χ0) is 19.5. The fourth-order valence-electron chi connectivity index (χ4n) is 2.37. The molecule has 2 rings (SSSR count). The summed E-state index contributed by atoms with van der Waals surface area (Å²) in [6, 6.07) is 5.28. The van der Waals surface area contributed by atoms with Crippen molar-refractivity contribution in [3.05, 3.63) is 59.4 Å². The quantitative estimate of drug-likeness (QED) is 0.828. The highest BCUT2D eigenvalue weighted by atomic mass is 32.2. The van der Waals surface area contributed by atoms with Gasteiger partial charge in [-0.2, -0.15) is 4.31 Å². The van der Waals surface area contributed by atoms with E-state index in [1.807, 2.05) is 0 Å². The van der Waals surface area contributed by atoms with Crippen LogP contribution in [0.15, 0.2) is 41.3 Å². The van der Waals surface area contributed by atoms with Gasteiger partial charge in [0.25, 0.3) is 5.91 Å². The van der Waals surface area contributed by atoms with Crippen LogP contribution in [0.25, 0.3) is 0 Å². The predicted molar refractivity (Wildman–Crippen MR) is 90.8 cm³/mol. The van der Waals surface area contributed by atoms with Crippen molar-refractivity contribution in [3.8, 4) is 0 Å². The van der Waals surface area contributed by atoms with E-state index in [9.17, 15) is 26.4 Å². The number of benzene rings is 2. The van der Waals surface area contributed by atoms with Gasteiger partial charge in [-0.25, -0.2) is 21.6 Å². The molecule has 9 heteroatoms. The summed E-state index contributed by atoms with van der Waals surface area (Å²) in [5, 5.41) is 2.25. The number of halogens is 3. The zero-order valence-electron chi connectivity index (χ0n) is 14.1. The highest BCUT2D eigenvalue weighted by molar-refractivity contribution is 7.89. The first-order valence-electron chi connectivity index (χ1n) is 7.76. The monoisotopic (exact) mass is 386 g/mol. The van der Waals surface area contributed by atoms with Gasteiger partial charge in [0.05, 0.1) is 0 Å². The van der Waals surface area contributed by atoms with Crippen LogP contribution < -0.4 is 5.32 Å². The molecule has 0 fully saturated rings. The maximum Gasteiger partial charge on any atom is 0.255 e. The first kappa shape index (κ1) is 19.9. The lowest BCUT2D eigenvalue weighted by Crippen LogP contribution is -2.31. The van der Waals surface area contributed by atoms with Crippen LogP contribution in [0.3, 0.4) is 0 Å². The molecule has 0 heterocycles. The van der Waals surface area contributed by atoms with Crippen molar-refractivity contribution < 1.29 is 26.4 Å².